The third kappa shape index (κ3) is 7.14. The van der Waals surface area contributed by atoms with Gasteiger partial charge < -0.3 is 19.1 Å². The molecule has 0 bridgehead atoms. The van der Waals surface area contributed by atoms with E-state index in [0.717, 1.165) is 22.9 Å². The number of amides is 2. The fraction of sp³-hybridized carbons (Fsp3) is 0.250. The SMILES string of the molecule is CCOc1c2c(c(OCC)c3ccccc13)C(=O)N(c1ccc(CS(=O)(=O)NC(=O)Cc3cccc(OC(F)(F)F)c3)cc1)C2. The Kier molecular flexibility index (Phi) is 8.91. The minimum absolute atomic E-state index is 0.137. The van der Waals surface area contributed by atoms with Crippen molar-refractivity contribution in [3.63, 3.8) is 0 Å². The van der Waals surface area contributed by atoms with Crippen LogP contribution in [0.1, 0.15) is 40.9 Å². The third-order valence-corrected chi connectivity index (χ3v) is 8.19. The van der Waals surface area contributed by atoms with Crippen molar-refractivity contribution in [1.29, 1.82) is 0 Å². The van der Waals surface area contributed by atoms with Gasteiger partial charge >= 0.3 is 6.36 Å². The van der Waals surface area contributed by atoms with Gasteiger partial charge in [0.1, 0.15) is 17.2 Å². The Labute approximate surface area is 257 Å². The van der Waals surface area contributed by atoms with Crippen LogP contribution in [0.3, 0.4) is 0 Å². The quantitative estimate of drug-likeness (QED) is 0.217. The van der Waals surface area contributed by atoms with Gasteiger partial charge in [-0.25, -0.2) is 8.42 Å². The predicted molar refractivity (Wildman–Crippen MR) is 161 cm³/mol. The largest absolute Gasteiger partial charge is 0.573 e. The first-order chi connectivity index (χ1) is 21.4. The Morgan fingerprint density at radius 3 is 2.18 bits per heavy atom. The lowest BCUT2D eigenvalue weighted by molar-refractivity contribution is -0.274. The van der Waals surface area contributed by atoms with E-state index in [1.807, 2.05) is 42.8 Å². The van der Waals surface area contributed by atoms with Gasteiger partial charge in [0.2, 0.25) is 15.9 Å². The van der Waals surface area contributed by atoms with Gasteiger partial charge in [-0.1, -0.05) is 48.5 Å². The van der Waals surface area contributed by atoms with Crippen LogP contribution in [-0.2, 0) is 33.5 Å². The van der Waals surface area contributed by atoms with E-state index in [1.54, 1.807) is 17.0 Å². The first-order valence-electron chi connectivity index (χ1n) is 14.0. The van der Waals surface area contributed by atoms with Crippen LogP contribution in [-0.4, -0.2) is 39.8 Å². The summed E-state index contributed by atoms with van der Waals surface area (Å²) in [6.45, 7) is 4.69. The molecular formula is C32H29F3N2O7S. The molecule has 0 unspecified atom stereocenters. The monoisotopic (exact) mass is 642 g/mol. The van der Waals surface area contributed by atoms with Gasteiger partial charge in [-0.3, -0.25) is 14.3 Å². The number of hydrogen-bond donors (Lipinski definition) is 1. The number of fused-ring (bicyclic) bond motifs is 2. The fourth-order valence-corrected chi connectivity index (χ4v) is 6.38. The van der Waals surface area contributed by atoms with Crippen LogP contribution in [0.2, 0.25) is 0 Å². The molecule has 0 aliphatic carbocycles. The zero-order valence-corrected chi connectivity index (χ0v) is 25.1. The number of benzene rings is 4. The molecule has 0 radical (unpaired) electrons. The maximum Gasteiger partial charge on any atom is 0.573 e. The molecule has 4 aromatic rings. The molecule has 1 aliphatic rings. The van der Waals surface area contributed by atoms with Crippen molar-refractivity contribution in [3.8, 4) is 17.2 Å². The number of rotatable bonds is 11. The lowest BCUT2D eigenvalue weighted by Crippen LogP contribution is -2.32. The Bertz CT molecular complexity index is 1860. The fourth-order valence-electron chi connectivity index (χ4n) is 5.26. The summed E-state index contributed by atoms with van der Waals surface area (Å²) >= 11 is 0. The van der Waals surface area contributed by atoms with Crippen molar-refractivity contribution in [2.24, 2.45) is 0 Å². The number of nitrogens with zero attached hydrogens (tertiary/aromatic N) is 1. The highest BCUT2D eigenvalue weighted by molar-refractivity contribution is 7.89. The average molecular weight is 643 g/mol. The molecule has 13 heteroatoms. The minimum atomic E-state index is -4.90. The maximum absolute atomic E-state index is 13.8. The number of carbonyl (C=O) groups is 2. The zero-order valence-electron chi connectivity index (χ0n) is 24.3. The van der Waals surface area contributed by atoms with Crippen LogP contribution in [0.15, 0.2) is 72.8 Å². The van der Waals surface area contributed by atoms with Gasteiger partial charge in [0.15, 0.2) is 0 Å². The van der Waals surface area contributed by atoms with Crippen LogP contribution in [0.4, 0.5) is 18.9 Å². The van der Waals surface area contributed by atoms with Gasteiger partial charge in [0.05, 0.1) is 37.5 Å². The van der Waals surface area contributed by atoms with E-state index in [4.69, 9.17) is 9.47 Å². The summed E-state index contributed by atoms with van der Waals surface area (Å²) in [5.41, 5.74) is 2.13. The van der Waals surface area contributed by atoms with E-state index in [9.17, 15) is 31.2 Å². The Balaban J connectivity index is 1.30. The Morgan fingerprint density at radius 2 is 1.53 bits per heavy atom. The summed E-state index contributed by atoms with van der Waals surface area (Å²) in [6, 6.07) is 18.6. The molecule has 0 saturated heterocycles. The van der Waals surface area contributed by atoms with E-state index in [0.29, 0.717) is 47.1 Å². The maximum atomic E-state index is 13.8. The van der Waals surface area contributed by atoms with E-state index >= 15 is 0 Å². The average Bonchev–Trinajstić information content (AvgIpc) is 3.30. The van der Waals surface area contributed by atoms with Crippen molar-refractivity contribution in [2.45, 2.75) is 38.9 Å². The number of hydrogen-bond acceptors (Lipinski definition) is 7. The van der Waals surface area contributed by atoms with E-state index < -0.39 is 40.2 Å². The number of sulfonamides is 1. The molecule has 1 aliphatic heterocycles. The number of ether oxygens (including phenoxy) is 3. The Morgan fingerprint density at radius 1 is 0.889 bits per heavy atom. The molecule has 0 fully saturated rings. The van der Waals surface area contributed by atoms with Crippen molar-refractivity contribution < 1.29 is 45.4 Å². The molecular weight excluding hydrogens is 613 g/mol. The highest BCUT2D eigenvalue weighted by Crippen LogP contribution is 2.46. The van der Waals surface area contributed by atoms with Crippen molar-refractivity contribution in [3.05, 3.63) is 95.1 Å². The highest BCUT2D eigenvalue weighted by atomic mass is 32.2. The van der Waals surface area contributed by atoms with Crippen LogP contribution < -0.4 is 23.8 Å². The van der Waals surface area contributed by atoms with Gasteiger partial charge in [-0.2, -0.15) is 0 Å². The molecule has 9 nitrogen and oxygen atoms in total. The summed E-state index contributed by atoms with van der Waals surface area (Å²) in [7, 11) is -4.15. The number of carbonyl (C=O) groups excluding carboxylic acids is 2. The van der Waals surface area contributed by atoms with Crippen molar-refractivity contribution in [2.75, 3.05) is 18.1 Å². The molecule has 1 N–H and O–H groups in total. The summed E-state index contributed by atoms with van der Waals surface area (Å²) < 4.78 is 80.6. The Hall–Kier alpha value is -4.78. The molecule has 1 heterocycles. The molecule has 0 atom stereocenters. The lowest BCUT2D eigenvalue weighted by Gasteiger charge is -2.16. The first kappa shape index (κ1) is 31.6. The van der Waals surface area contributed by atoms with E-state index in [1.165, 1.54) is 24.3 Å². The first-order valence-corrected chi connectivity index (χ1v) is 15.7. The molecule has 5 rings (SSSR count). The molecule has 0 saturated carbocycles. The predicted octanol–water partition coefficient (Wildman–Crippen LogP) is 5.88. The second-order valence-corrected chi connectivity index (χ2v) is 11.9. The van der Waals surface area contributed by atoms with Crippen molar-refractivity contribution in [1.82, 2.24) is 4.72 Å². The molecule has 0 aromatic heterocycles. The van der Waals surface area contributed by atoms with Crippen molar-refractivity contribution >= 4 is 38.3 Å². The second-order valence-electron chi connectivity index (χ2n) is 10.1. The van der Waals surface area contributed by atoms with E-state index in [2.05, 4.69) is 4.74 Å². The molecule has 236 valence electrons. The standard InChI is InChI=1S/C32H29F3N2O7S/c1-3-42-29-24-10-5-6-11-25(24)30(43-4-2)28-26(29)18-37(31(28)39)22-14-12-20(13-15-22)19-45(40,41)36-27(38)17-21-8-7-9-23(16-21)44-32(33,34)35/h5-16H,3-4,17-19H2,1-2H3,(H,36,38). The normalized spacial score (nSPS) is 13.1. The highest BCUT2D eigenvalue weighted by Gasteiger charge is 2.37. The zero-order chi connectivity index (χ0) is 32.4. The topological polar surface area (TPSA) is 111 Å². The van der Waals surface area contributed by atoms with Gasteiger partial charge in [0.25, 0.3) is 5.91 Å². The van der Waals surface area contributed by atoms with Crippen LogP contribution >= 0.6 is 0 Å². The molecule has 2 amide bonds. The minimum Gasteiger partial charge on any atom is -0.493 e. The summed E-state index contributed by atoms with van der Waals surface area (Å²) in [5.74, 6) is -1.17. The van der Waals surface area contributed by atoms with Gasteiger partial charge in [-0.15, -0.1) is 13.2 Å². The molecule has 0 spiro atoms. The molecule has 45 heavy (non-hydrogen) atoms. The second kappa shape index (κ2) is 12.7. The van der Waals surface area contributed by atoms with E-state index in [-0.39, 0.29) is 18.0 Å². The summed E-state index contributed by atoms with van der Waals surface area (Å²) in [6.07, 6.45) is -5.38. The molecule has 4 aromatic carbocycles. The lowest BCUT2D eigenvalue weighted by atomic mass is 9.99. The van der Waals surface area contributed by atoms with Gasteiger partial charge in [-0.05, 0) is 49.2 Å². The number of nitrogens with one attached hydrogen (secondary N) is 1. The summed E-state index contributed by atoms with van der Waals surface area (Å²) in [5, 5.41) is 1.60. The van der Waals surface area contributed by atoms with Gasteiger partial charge in [0, 0.05) is 22.0 Å². The van der Waals surface area contributed by atoms with Crippen LogP contribution in [0.25, 0.3) is 10.8 Å². The smallest absolute Gasteiger partial charge is 0.493 e. The number of alkyl halides is 3. The number of anilines is 1. The third-order valence-electron chi connectivity index (χ3n) is 6.94. The number of halogens is 3. The summed E-state index contributed by atoms with van der Waals surface area (Å²) in [4.78, 5) is 27.7. The van der Waals surface area contributed by atoms with Crippen LogP contribution in [0.5, 0.6) is 17.2 Å². The van der Waals surface area contributed by atoms with Crippen LogP contribution in [0, 0.1) is 0 Å².